The Bertz CT molecular complexity index is 932. The lowest BCUT2D eigenvalue weighted by Gasteiger charge is -2.24. The van der Waals surface area contributed by atoms with Gasteiger partial charge in [0.15, 0.2) is 0 Å². The van der Waals surface area contributed by atoms with Gasteiger partial charge in [-0.25, -0.2) is 9.50 Å². The van der Waals surface area contributed by atoms with Crippen molar-refractivity contribution in [2.45, 2.75) is 51.4 Å². The van der Waals surface area contributed by atoms with Crippen molar-refractivity contribution in [2.75, 3.05) is 0 Å². The SMILES string of the molecule is CC1CCCCCC(c2ncnn3cc(C4=C/C=C\C=C/C(I)=C4)cc23)C1. The molecule has 0 N–H and O–H groups in total. The fourth-order valence-corrected chi connectivity index (χ4v) is 4.79. The maximum Gasteiger partial charge on any atom is 0.136 e. The normalized spacial score (nSPS) is 26.3. The summed E-state index contributed by atoms with van der Waals surface area (Å²) < 4.78 is 3.24. The van der Waals surface area contributed by atoms with Crippen LogP contribution in [0.25, 0.3) is 11.1 Å². The molecule has 4 heteroatoms. The predicted molar refractivity (Wildman–Crippen MR) is 121 cm³/mol. The number of allylic oxidation sites excluding steroid dienone is 8. The minimum Gasteiger partial charge on any atom is -0.237 e. The molecule has 2 unspecified atom stereocenters. The molecule has 3 nitrogen and oxygen atoms in total. The fraction of sp³-hybridized carbons (Fsp3) is 0.391. The van der Waals surface area contributed by atoms with E-state index in [1.165, 1.54) is 58.9 Å². The highest BCUT2D eigenvalue weighted by Crippen LogP contribution is 2.35. The summed E-state index contributed by atoms with van der Waals surface area (Å²) in [6.45, 7) is 2.40. The van der Waals surface area contributed by atoms with E-state index in [0.29, 0.717) is 5.92 Å². The van der Waals surface area contributed by atoms with Crippen LogP contribution in [0.3, 0.4) is 0 Å². The van der Waals surface area contributed by atoms with Crippen molar-refractivity contribution in [3.63, 3.8) is 0 Å². The zero-order valence-electron chi connectivity index (χ0n) is 15.8. The van der Waals surface area contributed by atoms with E-state index >= 15 is 0 Å². The van der Waals surface area contributed by atoms with E-state index in [0.717, 1.165) is 11.4 Å². The lowest BCUT2D eigenvalue weighted by Crippen LogP contribution is -2.11. The first-order chi connectivity index (χ1) is 13.2. The molecule has 2 aliphatic carbocycles. The summed E-state index contributed by atoms with van der Waals surface area (Å²) in [6, 6.07) is 2.27. The van der Waals surface area contributed by atoms with Gasteiger partial charge >= 0.3 is 0 Å². The van der Waals surface area contributed by atoms with Gasteiger partial charge in [0, 0.05) is 21.3 Å². The molecular weight excluding hydrogens is 445 g/mol. The standard InChI is InChI=1S/C23H26IN3/c1-17-8-4-2-6-10-19(12-17)23-22-14-20(15-27(22)26-16-25-23)18-9-5-3-7-11-21(24)13-18/h3,5,7,9,11,13-17,19H,2,4,6,8,10,12H2,1H3/b5-3-,7-3?,9-5?,11-7-,18-9?,18-13?,21-11?,21-13?. The van der Waals surface area contributed by atoms with Crippen molar-refractivity contribution < 1.29 is 0 Å². The topological polar surface area (TPSA) is 30.2 Å². The van der Waals surface area contributed by atoms with Crippen LogP contribution >= 0.6 is 22.6 Å². The Labute approximate surface area is 175 Å². The molecule has 2 atom stereocenters. The molecule has 140 valence electrons. The van der Waals surface area contributed by atoms with Gasteiger partial charge in [-0.05, 0) is 65.1 Å². The molecule has 0 aliphatic heterocycles. The lowest BCUT2D eigenvalue weighted by atomic mass is 9.83. The van der Waals surface area contributed by atoms with E-state index < -0.39 is 0 Å². The second-order valence-corrected chi connectivity index (χ2v) is 9.02. The van der Waals surface area contributed by atoms with E-state index in [2.05, 4.69) is 83.3 Å². The van der Waals surface area contributed by atoms with Gasteiger partial charge in [-0.2, -0.15) is 5.10 Å². The summed E-state index contributed by atoms with van der Waals surface area (Å²) in [5.74, 6) is 1.31. The zero-order valence-corrected chi connectivity index (χ0v) is 18.0. The average molecular weight is 471 g/mol. The molecule has 0 bridgehead atoms. The highest BCUT2D eigenvalue weighted by molar-refractivity contribution is 14.1. The summed E-state index contributed by atoms with van der Waals surface area (Å²) in [5, 5.41) is 4.50. The maximum absolute atomic E-state index is 4.75. The van der Waals surface area contributed by atoms with Crippen molar-refractivity contribution in [1.82, 2.24) is 14.6 Å². The molecule has 0 radical (unpaired) electrons. The second-order valence-electron chi connectivity index (χ2n) is 7.77. The van der Waals surface area contributed by atoms with Gasteiger partial charge in [0.2, 0.25) is 0 Å². The summed E-state index contributed by atoms with van der Waals surface area (Å²) >= 11 is 2.38. The van der Waals surface area contributed by atoms with E-state index in [4.69, 9.17) is 4.98 Å². The molecule has 1 fully saturated rings. The number of fused-ring (bicyclic) bond motifs is 1. The maximum atomic E-state index is 4.75. The summed E-state index contributed by atoms with van der Waals surface area (Å²) in [4.78, 5) is 4.75. The third-order valence-electron chi connectivity index (χ3n) is 5.64. The van der Waals surface area contributed by atoms with Crippen LogP contribution in [-0.2, 0) is 0 Å². The Kier molecular flexibility index (Phi) is 5.91. The van der Waals surface area contributed by atoms with Crippen molar-refractivity contribution in [3.05, 3.63) is 69.9 Å². The lowest BCUT2D eigenvalue weighted by molar-refractivity contribution is 0.365. The zero-order chi connectivity index (χ0) is 18.6. The Morgan fingerprint density at radius 1 is 1.11 bits per heavy atom. The van der Waals surface area contributed by atoms with E-state index in [9.17, 15) is 0 Å². The number of hydrogen-bond acceptors (Lipinski definition) is 2. The van der Waals surface area contributed by atoms with E-state index in [-0.39, 0.29) is 0 Å². The average Bonchev–Trinajstić information content (AvgIpc) is 3.05. The number of halogens is 1. The van der Waals surface area contributed by atoms with Crippen LogP contribution in [0.1, 0.15) is 62.6 Å². The highest BCUT2D eigenvalue weighted by Gasteiger charge is 2.22. The van der Waals surface area contributed by atoms with E-state index in [1.54, 1.807) is 6.33 Å². The first kappa shape index (κ1) is 18.7. The molecule has 0 saturated heterocycles. The molecule has 0 amide bonds. The van der Waals surface area contributed by atoms with Gasteiger partial charge in [-0.3, -0.25) is 0 Å². The van der Waals surface area contributed by atoms with Crippen LogP contribution in [0.4, 0.5) is 0 Å². The molecule has 27 heavy (non-hydrogen) atoms. The largest absolute Gasteiger partial charge is 0.237 e. The third-order valence-corrected chi connectivity index (χ3v) is 6.31. The molecule has 4 rings (SSSR count). The molecule has 2 aromatic rings. The summed E-state index contributed by atoms with van der Waals surface area (Å²) in [7, 11) is 0. The number of hydrogen-bond donors (Lipinski definition) is 0. The Hall–Kier alpha value is -1.69. The monoisotopic (exact) mass is 471 g/mol. The molecule has 0 spiro atoms. The first-order valence-electron chi connectivity index (χ1n) is 9.96. The van der Waals surface area contributed by atoms with E-state index in [1.807, 2.05) is 4.52 Å². The summed E-state index contributed by atoms with van der Waals surface area (Å²) in [5.41, 5.74) is 4.80. The van der Waals surface area contributed by atoms with Gasteiger partial charge in [-0.15, -0.1) is 0 Å². The minimum atomic E-state index is 0.540. The van der Waals surface area contributed by atoms with Crippen LogP contribution in [0.15, 0.2) is 58.6 Å². The Morgan fingerprint density at radius 3 is 2.93 bits per heavy atom. The van der Waals surface area contributed by atoms with Crippen molar-refractivity contribution in [1.29, 1.82) is 0 Å². The number of aromatic nitrogens is 3. The van der Waals surface area contributed by atoms with Gasteiger partial charge in [0.05, 0.1) is 11.2 Å². The summed E-state index contributed by atoms with van der Waals surface area (Å²) in [6.07, 6.45) is 24.5. The molecule has 2 aromatic heterocycles. The third kappa shape index (κ3) is 4.42. The highest BCUT2D eigenvalue weighted by atomic mass is 127. The molecule has 2 heterocycles. The number of rotatable bonds is 2. The Morgan fingerprint density at radius 2 is 2.00 bits per heavy atom. The molecular formula is C23H26IN3. The smallest absolute Gasteiger partial charge is 0.136 e. The van der Waals surface area contributed by atoms with Gasteiger partial charge in [0.25, 0.3) is 0 Å². The van der Waals surface area contributed by atoms with Gasteiger partial charge in [0.1, 0.15) is 6.33 Å². The van der Waals surface area contributed by atoms with Crippen molar-refractivity contribution >= 4 is 33.7 Å². The molecule has 0 aromatic carbocycles. The molecule has 2 aliphatic rings. The van der Waals surface area contributed by atoms with Crippen LogP contribution < -0.4 is 0 Å². The van der Waals surface area contributed by atoms with Gasteiger partial charge in [-0.1, -0.05) is 56.9 Å². The first-order valence-corrected chi connectivity index (χ1v) is 11.0. The van der Waals surface area contributed by atoms with Crippen LogP contribution in [-0.4, -0.2) is 14.6 Å². The van der Waals surface area contributed by atoms with Crippen molar-refractivity contribution in [2.24, 2.45) is 5.92 Å². The molecule has 1 saturated carbocycles. The van der Waals surface area contributed by atoms with Crippen LogP contribution in [0.5, 0.6) is 0 Å². The minimum absolute atomic E-state index is 0.540. The quantitative estimate of drug-likeness (QED) is 0.460. The fourth-order valence-electron chi connectivity index (χ4n) is 4.25. The second kappa shape index (κ2) is 8.55. The van der Waals surface area contributed by atoms with Crippen molar-refractivity contribution in [3.8, 4) is 0 Å². The predicted octanol–water partition coefficient (Wildman–Crippen LogP) is 6.63. The van der Waals surface area contributed by atoms with Gasteiger partial charge < -0.3 is 0 Å². The Balaban J connectivity index is 1.73. The van der Waals surface area contributed by atoms with Crippen LogP contribution in [0.2, 0.25) is 0 Å². The number of nitrogens with zero attached hydrogens (tertiary/aromatic N) is 3. The van der Waals surface area contributed by atoms with Crippen LogP contribution in [0, 0.1) is 5.92 Å².